The van der Waals surface area contributed by atoms with Gasteiger partial charge in [-0.1, -0.05) is 24.9 Å². The van der Waals surface area contributed by atoms with Gasteiger partial charge in [-0.3, -0.25) is 4.79 Å². The van der Waals surface area contributed by atoms with Crippen molar-refractivity contribution >= 4 is 17.4 Å². The molecule has 0 saturated carbocycles. The molecule has 0 atom stereocenters. The van der Waals surface area contributed by atoms with Crippen LogP contribution in [0.4, 0.5) is 0 Å². The zero-order valence-corrected chi connectivity index (χ0v) is 9.26. The van der Waals surface area contributed by atoms with E-state index in [1.165, 1.54) is 0 Å². The number of H-pyrrole nitrogens is 1. The molecular weight excluding hydrogens is 214 g/mol. The molecule has 0 aliphatic carbocycles. The van der Waals surface area contributed by atoms with E-state index in [4.69, 9.17) is 16.9 Å². The number of aromatic amines is 1. The van der Waals surface area contributed by atoms with Gasteiger partial charge in [0.1, 0.15) is 23.1 Å². The van der Waals surface area contributed by atoms with Crippen LogP contribution < -0.4 is 0 Å². The number of nitriles is 1. The number of ketones is 1. The molecular formula is C10H12ClN3O. The maximum atomic E-state index is 11.4. The van der Waals surface area contributed by atoms with Crippen molar-refractivity contribution in [1.82, 2.24) is 9.97 Å². The molecule has 1 aromatic heterocycles. The fourth-order valence-electron chi connectivity index (χ4n) is 1.20. The van der Waals surface area contributed by atoms with Crippen LogP contribution in [-0.4, -0.2) is 15.8 Å². The summed E-state index contributed by atoms with van der Waals surface area (Å²) in [6, 6.07) is 1.78. The van der Waals surface area contributed by atoms with E-state index in [9.17, 15) is 4.79 Å². The molecule has 1 rings (SSSR count). The molecule has 0 saturated heterocycles. The van der Waals surface area contributed by atoms with Crippen molar-refractivity contribution in [3.8, 4) is 6.07 Å². The van der Waals surface area contributed by atoms with Crippen molar-refractivity contribution < 1.29 is 4.79 Å². The molecule has 0 bridgehead atoms. The maximum absolute atomic E-state index is 11.4. The van der Waals surface area contributed by atoms with Gasteiger partial charge in [-0.15, -0.1) is 0 Å². The topological polar surface area (TPSA) is 69.5 Å². The van der Waals surface area contributed by atoms with Crippen LogP contribution in [-0.2, 0) is 6.42 Å². The van der Waals surface area contributed by atoms with Crippen LogP contribution in [0.15, 0.2) is 0 Å². The van der Waals surface area contributed by atoms with Crippen LogP contribution in [0, 0.1) is 11.3 Å². The molecule has 1 aromatic rings. The monoisotopic (exact) mass is 225 g/mol. The lowest BCUT2D eigenvalue weighted by Gasteiger charge is -1.91. The predicted molar refractivity (Wildman–Crippen MR) is 56.8 cm³/mol. The number of nitrogens with one attached hydrogen (secondary N) is 1. The fourth-order valence-corrected chi connectivity index (χ4v) is 1.46. The lowest BCUT2D eigenvalue weighted by molar-refractivity contribution is 0.0993. The van der Waals surface area contributed by atoms with E-state index in [-0.39, 0.29) is 23.1 Å². The molecule has 0 spiro atoms. The Kier molecular flexibility index (Phi) is 4.32. The number of nitrogens with zero attached hydrogens (tertiary/aromatic N) is 2. The van der Waals surface area contributed by atoms with Gasteiger partial charge < -0.3 is 4.98 Å². The van der Waals surface area contributed by atoms with Gasteiger partial charge in [0.05, 0.1) is 6.07 Å². The molecule has 1 N–H and O–H groups in total. The van der Waals surface area contributed by atoms with Gasteiger partial charge in [-0.2, -0.15) is 5.26 Å². The molecule has 15 heavy (non-hydrogen) atoms. The zero-order valence-electron chi connectivity index (χ0n) is 8.51. The Morgan fingerprint density at radius 3 is 3.00 bits per heavy atom. The number of hydrogen-bond acceptors (Lipinski definition) is 3. The molecule has 4 nitrogen and oxygen atoms in total. The first-order valence-corrected chi connectivity index (χ1v) is 5.21. The summed E-state index contributed by atoms with van der Waals surface area (Å²) in [6.07, 6.45) is 2.64. The summed E-state index contributed by atoms with van der Waals surface area (Å²) in [5.41, 5.74) is 0.185. The Labute approximate surface area is 93.3 Å². The molecule has 1 heterocycles. The summed E-state index contributed by atoms with van der Waals surface area (Å²) in [4.78, 5) is 18.3. The summed E-state index contributed by atoms with van der Waals surface area (Å²) >= 11 is 5.81. The number of hydrogen-bond donors (Lipinski definition) is 1. The molecule has 0 unspecified atom stereocenters. The number of rotatable bonds is 5. The number of imidazole rings is 1. The highest BCUT2D eigenvalue weighted by atomic mass is 35.5. The summed E-state index contributed by atoms with van der Waals surface area (Å²) in [7, 11) is 0. The number of aryl methyl sites for hydroxylation is 1. The fraction of sp³-hybridized carbons (Fsp3) is 0.500. The quantitative estimate of drug-likeness (QED) is 0.783. The van der Waals surface area contributed by atoms with Crippen LogP contribution in [0.5, 0.6) is 0 Å². The van der Waals surface area contributed by atoms with E-state index in [0.717, 1.165) is 19.3 Å². The van der Waals surface area contributed by atoms with Gasteiger partial charge in [-0.05, 0) is 6.42 Å². The van der Waals surface area contributed by atoms with Crippen molar-refractivity contribution in [1.29, 1.82) is 5.26 Å². The van der Waals surface area contributed by atoms with E-state index in [2.05, 4.69) is 16.9 Å². The highest BCUT2D eigenvalue weighted by Crippen LogP contribution is 2.15. The minimum atomic E-state index is -0.332. The number of unbranched alkanes of at least 4 members (excludes halogenated alkanes) is 1. The summed E-state index contributed by atoms with van der Waals surface area (Å²) in [6.45, 7) is 2.08. The van der Waals surface area contributed by atoms with E-state index >= 15 is 0 Å². The number of aromatic nitrogens is 2. The SMILES string of the molecule is CCCCc1nc(C(=O)CC#N)c(Cl)[nH]1. The Hall–Kier alpha value is -1.34. The van der Waals surface area contributed by atoms with E-state index in [1.54, 1.807) is 6.07 Å². The summed E-state index contributed by atoms with van der Waals surface area (Å²) in [5, 5.41) is 8.62. The van der Waals surface area contributed by atoms with Gasteiger partial charge in [-0.25, -0.2) is 4.98 Å². The Morgan fingerprint density at radius 1 is 1.67 bits per heavy atom. The summed E-state index contributed by atoms with van der Waals surface area (Å²) < 4.78 is 0. The average Bonchev–Trinajstić information content (AvgIpc) is 2.57. The van der Waals surface area contributed by atoms with Crippen LogP contribution in [0.3, 0.4) is 0 Å². The zero-order chi connectivity index (χ0) is 11.3. The first-order chi connectivity index (χ1) is 7.19. The number of carbonyl (C=O) groups is 1. The Balaban J connectivity index is 2.77. The lowest BCUT2D eigenvalue weighted by Crippen LogP contribution is -1.99. The molecule has 5 heteroatoms. The second-order valence-corrected chi connectivity index (χ2v) is 3.59. The molecule has 0 amide bonds. The van der Waals surface area contributed by atoms with Crippen LogP contribution >= 0.6 is 11.6 Å². The minimum Gasteiger partial charge on any atom is -0.332 e. The first-order valence-electron chi connectivity index (χ1n) is 4.83. The average molecular weight is 226 g/mol. The molecule has 0 radical (unpaired) electrons. The molecule has 0 aliphatic heterocycles. The van der Waals surface area contributed by atoms with Gasteiger partial charge in [0.15, 0.2) is 5.78 Å². The Bertz CT molecular complexity index is 392. The Morgan fingerprint density at radius 2 is 2.40 bits per heavy atom. The van der Waals surface area contributed by atoms with Crippen molar-refractivity contribution in [2.75, 3.05) is 0 Å². The van der Waals surface area contributed by atoms with Crippen LogP contribution in [0.25, 0.3) is 0 Å². The van der Waals surface area contributed by atoms with Gasteiger partial charge in [0.25, 0.3) is 0 Å². The normalized spacial score (nSPS) is 9.93. The number of Topliss-reactive ketones (excluding diaryl/α,β-unsaturated/α-hetero) is 1. The third-order valence-electron chi connectivity index (χ3n) is 1.98. The van der Waals surface area contributed by atoms with Crippen LogP contribution in [0.1, 0.15) is 42.5 Å². The van der Waals surface area contributed by atoms with Crippen molar-refractivity contribution in [3.63, 3.8) is 0 Å². The third kappa shape index (κ3) is 3.07. The van der Waals surface area contributed by atoms with Crippen molar-refractivity contribution in [2.24, 2.45) is 0 Å². The van der Waals surface area contributed by atoms with Gasteiger partial charge in [0, 0.05) is 6.42 Å². The first kappa shape index (κ1) is 11.7. The van der Waals surface area contributed by atoms with Gasteiger partial charge >= 0.3 is 0 Å². The van der Waals surface area contributed by atoms with Gasteiger partial charge in [0.2, 0.25) is 0 Å². The largest absolute Gasteiger partial charge is 0.332 e. The van der Waals surface area contributed by atoms with Crippen molar-refractivity contribution in [2.45, 2.75) is 32.6 Å². The van der Waals surface area contributed by atoms with Crippen molar-refractivity contribution in [3.05, 3.63) is 16.7 Å². The molecule has 0 fully saturated rings. The predicted octanol–water partition coefficient (Wildman–Crippen LogP) is 2.50. The second-order valence-electron chi connectivity index (χ2n) is 3.21. The highest BCUT2D eigenvalue weighted by Gasteiger charge is 2.15. The van der Waals surface area contributed by atoms with E-state index < -0.39 is 0 Å². The van der Waals surface area contributed by atoms with E-state index in [1.807, 2.05) is 0 Å². The summed E-state index contributed by atoms with van der Waals surface area (Å²) in [5.74, 6) is 0.379. The smallest absolute Gasteiger partial charge is 0.198 e. The minimum absolute atomic E-state index is 0.183. The lowest BCUT2D eigenvalue weighted by atomic mass is 10.2. The highest BCUT2D eigenvalue weighted by molar-refractivity contribution is 6.32. The second kappa shape index (κ2) is 5.52. The van der Waals surface area contributed by atoms with E-state index in [0.29, 0.717) is 5.82 Å². The molecule has 0 aliphatic rings. The third-order valence-corrected chi connectivity index (χ3v) is 2.25. The molecule has 0 aromatic carbocycles. The van der Waals surface area contributed by atoms with Crippen LogP contribution in [0.2, 0.25) is 5.15 Å². The standard InChI is InChI=1S/C10H12ClN3O/c1-2-3-4-8-13-9(10(11)14-8)7(15)5-6-12/h2-5H2,1H3,(H,13,14). The number of carbonyl (C=O) groups excluding carboxylic acids is 1. The number of halogens is 1. The maximum Gasteiger partial charge on any atom is 0.198 e. The molecule has 80 valence electrons.